The van der Waals surface area contributed by atoms with Gasteiger partial charge in [0.1, 0.15) is 5.69 Å². The molecular formula is C18H17N5O. The van der Waals surface area contributed by atoms with Gasteiger partial charge in [-0.3, -0.25) is 9.78 Å². The maximum Gasteiger partial charge on any atom is 0.205 e. The summed E-state index contributed by atoms with van der Waals surface area (Å²) in [7, 11) is 0. The molecule has 2 aromatic heterocycles. The smallest absolute Gasteiger partial charge is 0.205 e. The molecular weight excluding hydrogens is 302 g/mol. The van der Waals surface area contributed by atoms with Crippen LogP contribution >= 0.6 is 0 Å². The van der Waals surface area contributed by atoms with Gasteiger partial charge in [0, 0.05) is 36.8 Å². The summed E-state index contributed by atoms with van der Waals surface area (Å²) in [6.45, 7) is 0. The minimum atomic E-state index is -0.369. The first-order valence-electron chi connectivity index (χ1n) is 7.59. The fourth-order valence-corrected chi connectivity index (χ4v) is 2.40. The molecule has 0 aliphatic carbocycles. The monoisotopic (exact) mass is 319 g/mol. The lowest BCUT2D eigenvalue weighted by atomic mass is 10.1. The van der Waals surface area contributed by atoms with Crippen molar-refractivity contribution >= 4 is 11.9 Å². The van der Waals surface area contributed by atoms with E-state index in [2.05, 4.69) is 15.4 Å². The first kappa shape index (κ1) is 15.6. The highest BCUT2D eigenvalue weighted by atomic mass is 16.1. The molecule has 24 heavy (non-hydrogen) atoms. The second-order valence-electron chi connectivity index (χ2n) is 5.22. The molecule has 0 bridgehead atoms. The van der Waals surface area contributed by atoms with E-state index in [0.29, 0.717) is 12.1 Å². The number of hydrogen-bond acceptors (Lipinski definition) is 5. The minimum absolute atomic E-state index is 0.157. The van der Waals surface area contributed by atoms with Crippen LogP contribution in [0.1, 0.15) is 18.2 Å². The van der Waals surface area contributed by atoms with Gasteiger partial charge in [0.25, 0.3) is 0 Å². The van der Waals surface area contributed by atoms with E-state index in [0.717, 1.165) is 11.4 Å². The summed E-state index contributed by atoms with van der Waals surface area (Å²) < 4.78 is 1.64. The molecule has 1 unspecified atom stereocenters. The number of hydrogen-bond donors (Lipinski definition) is 2. The Hall–Kier alpha value is -3.28. The molecule has 0 aliphatic heterocycles. The van der Waals surface area contributed by atoms with Gasteiger partial charge in [-0.05, 0) is 30.5 Å². The van der Waals surface area contributed by atoms with Crippen molar-refractivity contribution in [1.82, 2.24) is 14.8 Å². The number of rotatable bonds is 6. The van der Waals surface area contributed by atoms with E-state index in [1.54, 1.807) is 23.3 Å². The van der Waals surface area contributed by atoms with E-state index < -0.39 is 0 Å². The summed E-state index contributed by atoms with van der Waals surface area (Å²) in [6, 6.07) is 14.3. The van der Waals surface area contributed by atoms with Gasteiger partial charge in [0.05, 0.1) is 11.7 Å². The van der Waals surface area contributed by atoms with Gasteiger partial charge in [0.2, 0.25) is 5.43 Å². The molecule has 0 saturated heterocycles. The lowest BCUT2D eigenvalue weighted by molar-refractivity contribution is 0.707. The van der Waals surface area contributed by atoms with Gasteiger partial charge in [-0.15, -0.1) is 0 Å². The predicted octanol–water partition coefficient (Wildman–Crippen LogP) is 2.82. The van der Waals surface area contributed by atoms with Gasteiger partial charge >= 0.3 is 0 Å². The van der Waals surface area contributed by atoms with Gasteiger partial charge in [-0.1, -0.05) is 18.2 Å². The quantitative estimate of drug-likeness (QED) is 0.684. The van der Waals surface area contributed by atoms with E-state index in [9.17, 15) is 4.79 Å². The number of benzene rings is 1. The Morgan fingerprint density at radius 1 is 1.12 bits per heavy atom. The SMILES string of the molecule is N=CCC(Nc1ccccc1)c1nn(-c2ccncc2)ccc1=O. The minimum Gasteiger partial charge on any atom is -0.376 e. The lowest BCUT2D eigenvalue weighted by Crippen LogP contribution is -2.24. The molecule has 0 fully saturated rings. The van der Waals surface area contributed by atoms with Crippen molar-refractivity contribution in [1.29, 1.82) is 5.41 Å². The Bertz CT molecular complexity index is 861. The number of nitrogens with zero attached hydrogens (tertiary/aromatic N) is 3. The number of pyridine rings is 1. The van der Waals surface area contributed by atoms with E-state index in [1.165, 1.54) is 12.3 Å². The average Bonchev–Trinajstić information content (AvgIpc) is 2.63. The summed E-state index contributed by atoms with van der Waals surface area (Å²) in [5.74, 6) is 0. The number of anilines is 1. The Kier molecular flexibility index (Phi) is 4.76. The van der Waals surface area contributed by atoms with Crippen LogP contribution < -0.4 is 10.7 Å². The number of aromatic nitrogens is 3. The van der Waals surface area contributed by atoms with Gasteiger partial charge in [-0.2, -0.15) is 5.10 Å². The van der Waals surface area contributed by atoms with Crippen LogP contribution in [0.25, 0.3) is 5.69 Å². The molecule has 0 aliphatic rings. The molecule has 120 valence electrons. The van der Waals surface area contributed by atoms with Crippen molar-refractivity contribution in [3.8, 4) is 5.69 Å². The number of para-hydroxylation sites is 1. The van der Waals surface area contributed by atoms with E-state index in [-0.39, 0.29) is 11.5 Å². The van der Waals surface area contributed by atoms with Gasteiger partial charge < -0.3 is 10.7 Å². The topological polar surface area (TPSA) is 83.7 Å². The van der Waals surface area contributed by atoms with Crippen molar-refractivity contribution in [3.05, 3.63) is 83.0 Å². The van der Waals surface area contributed by atoms with Crippen LogP contribution in [0.5, 0.6) is 0 Å². The molecule has 6 heteroatoms. The standard InChI is InChI=1S/C18H17N5O/c19-10-6-16(21-14-4-2-1-3-5-14)18-17(24)9-13-23(22-18)15-7-11-20-12-8-15/h1-5,7-13,16,19,21H,6H2. The Morgan fingerprint density at radius 3 is 2.58 bits per heavy atom. The third-order valence-electron chi connectivity index (χ3n) is 3.56. The summed E-state index contributed by atoms with van der Waals surface area (Å²) in [5.41, 5.74) is 1.92. The second-order valence-corrected chi connectivity index (χ2v) is 5.22. The summed E-state index contributed by atoms with van der Waals surface area (Å²) in [4.78, 5) is 16.3. The van der Waals surface area contributed by atoms with Crippen molar-refractivity contribution in [2.75, 3.05) is 5.32 Å². The zero-order chi connectivity index (χ0) is 16.8. The molecule has 0 amide bonds. The summed E-state index contributed by atoms with van der Waals surface area (Å²) >= 11 is 0. The molecule has 2 N–H and O–H groups in total. The van der Waals surface area contributed by atoms with E-state index >= 15 is 0 Å². The first-order valence-corrected chi connectivity index (χ1v) is 7.59. The summed E-state index contributed by atoms with van der Waals surface area (Å²) in [6.07, 6.45) is 6.63. The predicted molar refractivity (Wildman–Crippen MR) is 93.8 cm³/mol. The van der Waals surface area contributed by atoms with Crippen molar-refractivity contribution in [3.63, 3.8) is 0 Å². The summed E-state index contributed by atoms with van der Waals surface area (Å²) in [5, 5.41) is 15.2. The molecule has 2 heterocycles. The second kappa shape index (κ2) is 7.32. The van der Waals surface area contributed by atoms with Gasteiger partial charge in [0.15, 0.2) is 0 Å². The van der Waals surface area contributed by atoms with Crippen molar-refractivity contribution in [2.24, 2.45) is 0 Å². The molecule has 3 aromatic rings. The van der Waals surface area contributed by atoms with Crippen molar-refractivity contribution < 1.29 is 0 Å². The van der Waals surface area contributed by atoms with Crippen LogP contribution in [0.3, 0.4) is 0 Å². The fourth-order valence-electron chi connectivity index (χ4n) is 2.40. The van der Waals surface area contributed by atoms with Crippen LogP contribution in [-0.2, 0) is 0 Å². The van der Waals surface area contributed by atoms with Crippen LogP contribution in [0.15, 0.2) is 71.9 Å². The fraction of sp³-hybridized carbons (Fsp3) is 0.111. The Labute approximate surface area is 139 Å². The molecule has 0 spiro atoms. The lowest BCUT2D eigenvalue weighted by Gasteiger charge is -2.18. The zero-order valence-corrected chi connectivity index (χ0v) is 13.0. The Morgan fingerprint density at radius 2 is 1.88 bits per heavy atom. The normalized spacial score (nSPS) is 11.7. The maximum absolute atomic E-state index is 12.3. The highest BCUT2D eigenvalue weighted by Gasteiger charge is 2.16. The van der Waals surface area contributed by atoms with Crippen LogP contribution in [0.4, 0.5) is 5.69 Å². The zero-order valence-electron chi connectivity index (χ0n) is 13.0. The number of nitrogens with one attached hydrogen (secondary N) is 2. The van der Waals surface area contributed by atoms with Gasteiger partial charge in [-0.25, -0.2) is 4.68 Å². The largest absolute Gasteiger partial charge is 0.376 e. The highest BCUT2D eigenvalue weighted by molar-refractivity contribution is 5.56. The third kappa shape index (κ3) is 3.55. The molecule has 6 nitrogen and oxygen atoms in total. The van der Waals surface area contributed by atoms with E-state index in [4.69, 9.17) is 5.41 Å². The van der Waals surface area contributed by atoms with Crippen LogP contribution in [-0.4, -0.2) is 21.0 Å². The van der Waals surface area contributed by atoms with Crippen LogP contribution in [0.2, 0.25) is 0 Å². The first-order chi connectivity index (χ1) is 11.8. The Balaban J connectivity index is 1.98. The molecule has 0 saturated carbocycles. The molecule has 3 rings (SSSR count). The molecule has 1 aromatic carbocycles. The molecule has 1 atom stereocenters. The average molecular weight is 319 g/mol. The highest BCUT2D eigenvalue weighted by Crippen LogP contribution is 2.18. The third-order valence-corrected chi connectivity index (χ3v) is 3.56. The maximum atomic E-state index is 12.3. The van der Waals surface area contributed by atoms with Crippen LogP contribution in [0, 0.1) is 5.41 Å². The molecule has 0 radical (unpaired) electrons. The van der Waals surface area contributed by atoms with Crippen molar-refractivity contribution in [2.45, 2.75) is 12.5 Å². The van der Waals surface area contributed by atoms with E-state index in [1.807, 2.05) is 42.5 Å².